The van der Waals surface area contributed by atoms with Crippen LogP contribution in [0.5, 0.6) is 5.75 Å². The smallest absolute Gasteiger partial charge is 0.303 e. The van der Waals surface area contributed by atoms with Gasteiger partial charge in [-0.1, -0.05) is 12.1 Å². The quantitative estimate of drug-likeness (QED) is 0.693. The first-order valence-electron chi connectivity index (χ1n) is 6.35. The van der Waals surface area contributed by atoms with Crippen LogP contribution in [0.15, 0.2) is 24.3 Å². The van der Waals surface area contributed by atoms with E-state index in [1.165, 1.54) is 0 Å². The maximum Gasteiger partial charge on any atom is 0.303 e. The molecule has 0 aliphatic heterocycles. The number of carbonyl (C=O) groups excluding carboxylic acids is 1. The number of rotatable bonds is 7. The minimum Gasteiger partial charge on any atom is -0.497 e. The summed E-state index contributed by atoms with van der Waals surface area (Å²) < 4.78 is 5.12. The van der Waals surface area contributed by atoms with Crippen molar-refractivity contribution in [2.45, 2.75) is 31.8 Å². The SMILES string of the molecule is COc1cccc([C@H](C)NC(=O)C(N)CCC(=O)O)c1. The molecule has 6 heteroatoms. The van der Waals surface area contributed by atoms with Crippen molar-refractivity contribution >= 4 is 11.9 Å². The topological polar surface area (TPSA) is 102 Å². The lowest BCUT2D eigenvalue weighted by Gasteiger charge is -2.18. The number of nitrogens with one attached hydrogen (secondary N) is 1. The molecule has 0 heterocycles. The highest BCUT2D eigenvalue weighted by Crippen LogP contribution is 2.18. The molecule has 0 aliphatic carbocycles. The molecule has 0 aliphatic rings. The van der Waals surface area contributed by atoms with Gasteiger partial charge in [-0.25, -0.2) is 0 Å². The minimum atomic E-state index is -0.964. The predicted molar refractivity (Wildman–Crippen MR) is 74.4 cm³/mol. The second-order valence-electron chi connectivity index (χ2n) is 4.55. The summed E-state index contributed by atoms with van der Waals surface area (Å²) in [7, 11) is 1.57. The Kier molecular flexibility index (Phi) is 5.99. The summed E-state index contributed by atoms with van der Waals surface area (Å²) in [5.41, 5.74) is 6.54. The van der Waals surface area contributed by atoms with Gasteiger partial charge in [-0.05, 0) is 31.0 Å². The first-order valence-corrected chi connectivity index (χ1v) is 6.35. The fourth-order valence-corrected chi connectivity index (χ4v) is 1.72. The largest absolute Gasteiger partial charge is 0.497 e. The fourth-order valence-electron chi connectivity index (χ4n) is 1.72. The average molecular weight is 280 g/mol. The van der Waals surface area contributed by atoms with E-state index in [1.54, 1.807) is 7.11 Å². The van der Waals surface area contributed by atoms with Crippen LogP contribution in [0.4, 0.5) is 0 Å². The van der Waals surface area contributed by atoms with Crippen LogP contribution < -0.4 is 15.8 Å². The van der Waals surface area contributed by atoms with Crippen molar-refractivity contribution in [2.75, 3.05) is 7.11 Å². The van der Waals surface area contributed by atoms with Crippen LogP contribution in [-0.2, 0) is 9.59 Å². The molecule has 0 bridgehead atoms. The van der Waals surface area contributed by atoms with Gasteiger partial charge in [-0.3, -0.25) is 9.59 Å². The summed E-state index contributed by atoms with van der Waals surface area (Å²) in [6.45, 7) is 1.83. The molecule has 110 valence electrons. The first-order chi connectivity index (χ1) is 9.43. The summed E-state index contributed by atoms with van der Waals surface area (Å²) in [5.74, 6) is -0.616. The van der Waals surface area contributed by atoms with E-state index < -0.39 is 12.0 Å². The molecule has 0 saturated heterocycles. The molecule has 0 spiro atoms. The third kappa shape index (κ3) is 4.89. The molecule has 20 heavy (non-hydrogen) atoms. The van der Waals surface area contributed by atoms with Crippen LogP contribution in [0.1, 0.15) is 31.4 Å². The van der Waals surface area contributed by atoms with Gasteiger partial charge in [0.2, 0.25) is 5.91 Å². The summed E-state index contributed by atoms with van der Waals surface area (Å²) in [6.07, 6.45) is -0.00583. The number of amides is 1. The van der Waals surface area contributed by atoms with Gasteiger partial charge in [0, 0.05) is 6.42 Å². The molecule has 0 fully saturated rings. The zero-order valence-corrected chi connectivity index (χ0v) is 11.6. The molecular formula is C14H20N2O4. The predicted octanol–water partition coefficient (Wildman–Crippen LogP) is 1.06. The van der Waals surface area contributed by atoms with Gasteiger partial charge in [0.15, 0.2) is 0 Å². The Morgan fingerprint density at radius 1 is 1.45 bits per heavy atom. The summed E-state index contributed by atoms with van der Waals surface area (Å²) in [6, 6.07) is 6.30. The number of nitrogens with two attached hydrogens (primary N) is 1. The van der Waals surface area contributed by atoms with Crippen LogP contribution in [0.25, 0.3) is 0 Å². The van der Waals surface area contributed by atoms with Gasteiger partial charge in [0.25, 0.3) is 0 Å². The summed E-state index contributed by atoms with van der Waals surface area (Å²) in [4.78, 5) is 22.3. The van der Waals surface area contributed by atoms with Crippen LogP contribution in [-0.4, -0.2) is 30.1 Å². The van der Waals surface area contributed by atoms with Crippen LogP contribution in [0.2, 0.25) is 0 Å². The number of hydrogen-bond donors (Lipinski definition) is 3. The van der Waals surface area contributed by atoms with E-state index in [4.69, 9.17) is 15.6 Å². The van der Waals surface area contributed by atoms with E-state index in [-0.39, 0.29) is 24.8 Å². The highest BCUT2D eigenvalue weighted by atomic mass is 16.5. The van der Waals surface area contributed by atoms with Crippen molar-refractivity contribution in [3.05, 3.63) is 29.8 Å². The molecule has 1 aromatic carbocycles. The molecule has 0 saturated carbocycles. The van der Waals surface area contributed by atoms with Gasteiger partial charge in [-0.15, -0.1) is 0 Å². The zero-order valence-electron chi connectivity index (χ0n) is 11.6. The lowest BCUT2D eigenvalue weighted by Crippen LogP contribution is -2.41. The van der Waals surface area contributed by atoms with E-state index in [9.17, 15) is 9.59 Å². The Bertz CT molecular complexity index is 476. The van der Waals surface area contributed by atoms with E-state index in [0.29, 0.717) is 5.75 Å². The first kappa shape index (κ1) is 16.0. The van der Waals surface area contributed by atoms with Crippen molar-refractivity contribution in [1.82, 2.24) is 5.32 Å². The van der Waals surface area contributed by atoms with Crippen molar-refractivity contribution in [3.8, 4) is 5.75 Å². The Labute approximate surface area is 117 Å². The number of aliphatic carboxylic acids is 1. The average Bonchev–Trinajstić information content (AvgIpc) is 2.44. The molecule has 1 amide bonds. The molecule has 1 unspecified atom stereocenters. The highest BCUT2D eigenvalue weighted by Gasteiger charge is 2.17. The Morgan fingerprint density at radius 2 is 2.15 bits per heavy atom. The molecule has 6 nitrogen and oxygen atoms in total. The van der Waals surface area contributed by atoms with Crippen LogP contribution in [0.3, 0.4) is 0 Å². The highest BCUT2D eigenvalue weighted by molar-refractivity contribution is 5.82. The number of hydrogen-bond acceptors (Lipinski definition) is 4. The summed E-state index contributed by atoms with van der Waals surface area (Å²) in [5, 5.41) is 11.3. The number of carbonyl (C=O) groups is 2. The lowest BCUT2D eigenvalue weighted by atomic mass is 10.1. The van der Waals surface area contributed by atoms with Crippen LogP contribution >= 0.6 is 0 Å². The van der Waals surface area contributed by atoms with Crippen molar-refractivity contribution in [1.29, 1.82) is 0 Å². The number of carboxylic acids is 1. The van der Waals surface area contributed by atoms with Gasteiger partial charge in [0.05, 0.1) is 19.2 Å². The summed E-state index contributed by atoms with van der Waals surface area (Å²) >= 11 is 0. The zero-order chi connectivity index (χ0) is 15.1. The van der Waals surface area contributed by atoms with Gasteiger partial charge >= 0.3 is 5.97 Å². The fraction of sp³-hybridized carbons (Fsp3) is 0.429. The van der Waals surface area contributed by atoms with Gasteiger partial charge in [-0.2, -0.15) is 0 Å². The Morgan fingerprint density at radius 3 is 2.75 bits per heavy atom. The normalized spacial score (nSPS) is 13.3. The third-order valence-electron chi connectivity index (χ3n) is 2.96. The molecule has 1 aromatic rings. The maximum atomic E-state index is 11.8. The third-order valence-corrected chi connectivity index (χ3v) is 2.96. The number of benzene rings is 1. The van der Waals surface area contributed by atoms with Crippen molar-refractivity contribution in [2.24, 2.45) is 5.73 Å². The monoisotopic (exact) mass is 280 g/mol. The number of ether oxygens (including phenoxy) is 1. The molecular weight excluding hydrogens is 260 g/mol. The van der Waals surface area contributed by atoms with Crippen LogP contribution in [0, 0.1) is 0 Å². The van der Waals surface area contributed by atoms with E-state index in [1.807, 2.05) is 31.2 Å². The van der Waals surface area contributed by atoms with E-state index in [2.05, 4.69) is 5.32 Å². The van der Waals surface area contributed by atoms with Crippen molar-refractivity contribution in [3.63, 3.8) is 0 Å². The molecule has 2 atom stereocenters. The lowest BCUT2D eigenvalue weighted by molar-refractivity contribution is -0.137. The maximum absolute atomic E-state index is 11.8. The molecule has 1 rings (SSSR count). The standard InChI is InChI=1S/C14H20N2O4/c1-9(10-4-3-5-11(8-10)20-2)16-14(19)12(15)6-7-13(17)18/h3-5,8-9,12H,6-7,15H2,1-2H3,(H,16,19)(H,17,18)/t9-,12?/m0/s1. The Balaban J connectivity index is 2.57. The van der Waals surface area contributed by atoms with E-state index >= 15 is 0 Å². The van der Waals surface area contributed by atoms with Gasteiger partial charge in [0.1, 0.15) is 5.75 Å². The molecule has 0 radical (unpaired) electrons. The molecule has 0 aromatic heterocycles. The number of carboxylic acid groups (broad SMARTS) is 1. The van der Waals surface area contributed by atoms with Gasteiger partial charge < -0.3 is 20.9 Å². The molecule has 4 N–H and O–H groups in total. The second kappa shape index (κ2) is 7.49. The minimum absolute atomic E-state index is 0.117. The Hall–Kier alpha value is -2.08. The van der Waals surface area contributed by atoms with Crippen molar-refractivity contribution < 1.29 is 19.4 Å². The number of methoxy groups -OCH3 is 1. The van der Waals surface area contributed by atoms with E-state index in [0.717, 1.165) is 5.56 Å². The second-order valence-corrected chi connectivity index (χ2v) is 4.55.